The van der Waals surface area contributed by atoms with Crippen LogP contribution in [0.2, 0.25) is 5.02 Å². The number of anilines is 1. The molecule has 1 unspecified atom stereocenters. The summed E-state index contributed by atoms with van der Waals surface area (Å²) in [5.41, 5.74) is 0.174. The lowest BCUT2D eigenvalue weighted by molar-refractivity contribution is -0.132. The van der Waals surface area contributed by atoms with Crippen molar-refractivity contribution in [1.82, 2.24) is 16.0 Å². The van der Waals surface area contributed by atoms with E-state index in [1.54, 1.807) is 13.8 Å². The Morgan fingerprint density at radius 1 is 1.26 bits per heavy atom. The number of carbonyl (C=O) groups is 4. The number of hydrogen-bond acceptors (Lipinski definition) is 6. The number of benzene rings is 1. The Morgan fingerprint density at radius 3 is 2.56 bits per heavy atom. The van der Waals surface area contributed by atoms with E-state index in [9.17, 15) is 24.3 Å². The average Bonchev–Trinajstić information content (AvgIpc) is 3.50. The van der Waals surface area contributed by atoms with Gasteiger partial charge in [-0.3, -0.25) is 19.7 Å². The summed E-state index contributed by atoms with van der Waals surface area (Å²) in [5.74, 6) is -1.94. The molecule has 1 aromatic carbocycles. The first-order valence-corrected chi connectivity index (χ1v) is 11.8. The van der Waals surface area contributed by atoms with Crippen molar-refractivity contribution in [2.75, 3.05) is 5.32 Å². The molecule has 1 saturated carbocycles. The fraction of sp³-hybridized carbons (Fsp3) is 0.565. The smallest absolute Gasteiger partial charge is 0.411 e. The second-order valence-electron chi connectivity index (χ2n) is 9.15. The Hall–Kier alpha value is -2.85. The average molecular weight is 495 g/mol. The van der Waals surface area contributed by atoms with E-state index in [1.165, 1.54) is 18.2 Å². The largest absolute Gasteiger partial charge is 0.447 e. The van der Waals surface area contributed by atoms with E-state index in [2.05, 4.69) is 21.3 Å². The van der Waals surface area contributed by atoms with Crippen LogP contribution < -0.4 is 21.3 Å². The van der Waals surface area contributed by atoms with E-state index in [4.69, 9.17) is 16.3 Å². The van der Waals surface area contributed by atoms with E-state index < -0.39 is 36.0 Å². The lowest BCUT2D eigenvalue weighted by atomic mass is 9.93. The molecule has 4 amide bonds. The molecule has 0 radical (unpaired) electrons. The monoisotopic (exact) mass is 494 g/mol. The topological polar surface area (TPSA) is 146 Å². The molecule has 1 saturated heterocycles. The van der Waals surface area contributed by atoms with Crippen LogP contribution in [0.15, 0.2) is 18.2 Å². The van der Waals surface area contributed by atoms with Crippen molar-refractivity contribution >= 4 is 41.1 Å². The first-order valence-electron chi connectivity index (χ1n) is 11.4. The van der Waals surface area contributed by atoms with Crippen LogP contribution in [0.5, 0.6) is 0 Å². The molecule has 1 heterocycles. The van der Waals surface area contributed by atoms with E-state index in [0.717, 1.165) is 12.8 Å². The highest BCUT2D eigenvalue weighted by Gasteiger charge is 2.38. The highest BCUT2D eigenvalue weighted by molar-refractivity contribution is 6.31. The van der Waals surface area contributed by atoms with Crippen molar-refractivity contribution in [2.24, 2.45) is 5.92 Å². The van der Waals surface area contributed by atoms with Crippen molar-refractivity contribution in [3.05, 3.63) is 28.8 Å². The first-order chi connectivity index (χ1) is 16.0. The van der Waals surface area contributed by atoms with Crippen LogP contribution in [0.3, 0.4) is 0 Å². The van der Waals surface area contributed by atoms with Crippen LogP contribution in [0.4, 0.5) is 10.5 Å². The van der Waals surface area contributed by atoms with Gasteiger partial charge in [-0.05, 0) is 64.7 Å². The maximum absolute atomic E-state index is 13.2. The van der Waals surface area contributed by atoms with E-state index in [0.29, 0.717) is 6.42 Å². The normalized spacial score (nSPS) is 21.4. The van der Waals surface area contributed by atoms with Gasteiger partial charge in [-0.2, -0.15) is 0 Å². The molecule has 2 fully saturated rings. The Morgan fingerprint density at radius 2 is 1.97 bits per heavy atom. The zero-order valence-corrected chi connectivity index (χ0v) is 20.1. The Balaban J connectivity index is 1.79. The Bertz CT molecular complexity index is 951. The van der Waals surface area contributed by atoms with E-state index in [1.807, 2.05) is 6.92 Å². The fourth-order valence-corrected chi connectivity index (χ4v) is 4.01. The minimum atomic E-state index is -1.56. The van der Waals surface area contributed by atoms with Crippen LogP contribution in [-0.2, 0) is 14.3 Å². The lowest BCUT2D eigenvalue weighted by Gasteiger charge is -2.26. The van der Waals surface area contributed by atoms with Gasteiger partial charge < -0.3 is 25.8 Å². The number of aliphatic hydroxyl groups is 1. The summed E-state index contributed by atoms with van der Waals surface area (Å²) in [5, 5.41) is 21.7. The SMILES string of the molecule is CC(C)OC(=O)Nc1ccc(Cl)cc1C(=O)N[C@@H](C[C@@H]1C[C@@H](C)NC1=O)C(O)C(=O)NC1CC1. The molecule has 1 aliphatic carbocycles. The van der Waals surface area contributed by atoms with Crippen LogP contribution in [-0.4, -0.2) is 59.3 Å². The van der Waals surface area contributed by atoms with Gasteiger partial charge in [0.05, 0.1) is 23.4 Å². The Kier molecular flexibility index (Phi) is 8.37. The number of carbonyl (C=O) groups excluding carboxylic acids is 4. The molecule has 10 nitrogen and oxygen atoms in total. The third-order valence-electron chi connectivity index (χ3n) is 5.63. The molecule has 0 aromatic heterocycles. The van der Waals surface area contributed by atoms with Gasteiger partial charge in [0.15, 0.2) is 6.10 Å². The summed E-state index contributed by atoms with van der Waals surface area (Å²) in [4.78, 5) is 50.1. The zero-order chi connectivity index (χ0) is 25.0. The maximum atomic E-state index is 13.2. The van der Waals surface area contributed by atoms with E-state index >= 15 is 0 Å². The zero-order valence-electron chi connectivity index (χ0n) is 19.4. The van der Waals surface area contributed by atoms with Crippen molar-refractivity contribution in [3.8, 4) is 0 Å². The number of rotatable bonds is 9. The minimum Gasteiger partial charge on any atom is -0.447 e. The predicted octanol–water partition coefficient (Wildman–Crippen LogP) is 1.95. The Labute approximate surface area is 203 Å². The number of amides is 4. The molecule has 1 aliphatic heterocycles. The third-order valence-corrected chi connectivity index (χ3v) is 5.87. The number of halogens is 1. The third kappa shape index (κ3) is 7.07. The first kappa shape index (κ1) is 25.8. The quantitative estimate of drug-likeness (QED) is 0.354. The van der Waals surface area contributed by atoms with Crippen molar-refractivity contribution < 1.29 is 29.0 Å². The highest BCUT2D eigenvalue weighted by Crippen LogP contribution is 2.25. The summed E-state index contributed by atoms with van der Waals surface area (Å²) < 4.78 is 5.07. The molecule has 0 spiro atoms. The minimum absolute atomic E-state index is 0.0176. The van der Waals surface area contributed by atoms with Crippen LogP contribution in [0, 0.1) is 5.92 Å². The van der Waals surface area contributed by atoms with Crippen LogP contribution in [0.1, 0.15) is 56.8 Å². The molecule has 11 heteroatoms. The predicted molar refractivity (Wildman–Crippen MR) is 125 cm³/mol. The van der Waals surface area contributed by atoms with Crippen molar-refractivity contribution in [1.29, 1.82) is 0 Å². The molecule has 4 atom stereocenters. The molecular weight excluding hydrogens is 464 g/mol. The van der Waals surface area contributed by atoms with Gasteiger partial charge >= 0.3 is 6.09 Å². The molecule has 5 N–H and O–H groups in total. The molecule has 2 aliphatic rings. The van der Waals surface area contributed by atoms with Crippen molar-refractivity contribution in [3.63, 3.8) is 0 Å². The number of hydrogen-bond donors (Lipinski definition) is 5. The number of aliphatic hydroxyl groups excluding tert-OH is 1. The fourth-order valence-electron chi connectivity index (χ4n) is 3.84. The second kappa shape index (κ2) is 11.1. The van der Waals surface area contributed by atoms with Crippen LogP contribution >= 0.6 is 11.6 Å². The van der Waals surface area contributed by atoms with Gasteiger partial charge in [0.25, 0.3) is 11.8 Å². The molecule has 1 aromatic rings. The van der Waals surface area contributed by atoms with Gasteiger partial charge in [-0.25, -0.2) is 4.79 Å². The van der Waals surface area contributed by atoms with Crippen LogP contribution in [0.25, 0.3) is 0 Å². The summed E-state index contributed by atoms with van der Waals surface area (Å²) in [6.07, 6.45) is -0.413. The van der Waals surface area contributed by atoms with E-state index in [-0.39, 0.29) is 46.8 Å². The van der Waals surface area contributed by atoms with Gasteiger partial charge in [0, 0.05) is 23.0 Å². The molecular formula is C23H31ClN4O6. The molecule has 3 rings (SSSR count). The van der Waals surface area contributed by atoms with Crippen molar-refractivity contribution in [2.45, 2.75) is 76.8 Å². The van der Waals surface area contributed by atoms with Gasteiger partial charge in [-0.1, -0.05) is 11.6 Å². The highest BCUT2D eigenvalue weighted by atomic mass is 35.5. The summed E-state index contributed by atoms with van der Waals surface area (Å²) in [6, 6.07) is 3.26. The molecule has 34 heavy (non-hydrogen) atoms. The summed E-state index contributed by atoms with van der Waals surface area (Å²) in [7, 11) is 0. The molecule has 186 valence electrons. The summed E-state index contributed by atoms with van der Waals surface area (Å²) >= 11 is 6.08. The standard InChI is InChI=1S/C23H31ClN4O6/c1-11(2)34-23(33)28-17-7-4-14(24)10-16(17)21(31)27-18(9-13-8-12(3)25-20(13)30)19(29)22(32)26-15-5-6-15/h4,7,10-13,15,18-19,29H,5-6,8-9H2,1-3H3,(H,25,30)(H,26,32)(H,27,31)(H,28,33)/t12-,13+,18+,19?/m1/s1. The van der Waals surface area contributed by atoms with Gasteiger partial charge in [0.1, 0.15) is 0 Å². The molecule has 0 bridgehead atoms. The maximum Gasteiger partial charge on any atom is 0.411 e. The van der Waals surface area contributed by atoms with Gasteiger partial charge in [-0.15, -0.1) is 0 Å². The number of ether oxygens (including phenoxy) is 1. The summed E-state index contributed by atoms with van der Waals surface area (Å²) in [6.45, 7) is 5.24. The van der Waals surface area contributed by atoms with Gasteiger partial charge in [0.2, 0.25) is 5.91 Å². The second-order valence-corrected chi connectivity index (χ2v) is 9.59. The number of nitrogens with one attached hydrogen (secondary N) is 4. The lowest BCUT2D eigenvalue weighted by Crippen LogP contribution is -2.52.